The van der Waals surface area contributed by atoms with E-state index >= 15 is 0 Å². The first-order valence-electron chi connectivity index (χ1n) is 8.15. The van der Waals surface area contributed by atoms with Gasteiger partial charge in [-0.2, -0.15) is 5.26 Å². The molecule has 1 saturated carbocycles. The fourth-order valence-electron chi connectivity index (χ4n) is 2.83. The molecule has 1 amide bonds. The van der Waals surface area contributed by atoms with Crippen molar-refractivity contribution in [1.82, 2.24) is 15.3 Å². The molecular formula is C18H19N5O. The lowest BCUT2D eigenvalue weighted by molar-refractivity contribution is 0.0922. The van der Waals surface area contributed by atoms with Gasteiger partial charge in [-0.3, -0.25) is 4.79 Å². The van der Waals surface area contributed by atoms with Crippen molar-refractivity contribution in [3.05, 3.63) is 47.9 Å². The molecule has 2 N–H and O–H groups in total. The molecule has 0 aliphatic heterocycles. The third kappa shape index (κ3) is 4.07. The number of carbonyl (C=O) groups excluding carboxylic acids is 1. The van der Waals surface area contributed by atoms with E-state index in [0.29, 0.717) is 17.1 Å². The van der Waals surface area contributed by atoms with E-state index < -0.39 is 0 Å². The molecule has 1 heterocycles. The van der Waals surface area contributed by atoms with Gasteiger partial charge >= 0.3 is 0 Å². The van der Waals surface area contributed by atoms with Crippen LogP contribution in [0.15, 0.2) is 36.7 Å². The Morgan fingerprint density at radius 2 is 1.88 bits per heavy atom. The second-order valence-electron chi connectivity index (χ2n) is 5.91. The number of carbonyl (C=O) groups is 1. The Balaban J connectivity index is 1.66. The summed E-state index contributed by atoms with van der Waals surface area (Å²) >= 11 is 0. The molecule has 1 aliphatic rings. The maximum Gasteiger partial charge on any atom is 0.270 e. The van der Waals surface area contributed by atoms with E-state index in [1.807, 2.05) is 0 Å². The molecular weight excluding hydrogens is 302 g/mol. The Hall–Kier alpha value is -2.94. The number of rotatable bonds is 4. The highest BCUT2D eigenvalue weighted by Gasteiger charge is 2.17. The molecule has 1 fully saturated rings. The van der Waals surface area contributed by atoms with Gasteiger partial charge in [0.05, 0.1) is 11.6 Å². The highest BCUT2D eigenvalue weighted by molar-refractivity contribution is 5.93. The Morgan fingerprint density at radius 3 is 2.58 bits per heavy atom. The lowest BCUT2D eigenvalue weighted by atomic mass is 9.95. The first kappa shape index (κ1) is 15.9. The summed E-state index contributed by atoms with van der Waals surface area (Å²) in [7, 11) is 0. The Kier molecular flexibility index (Phi) is 5.02. The van der Waals surface area contributed by atoms with Crippen LogP contribution in [0.4, 0.5) is 11.5 Å². The molecule has 6 heteroatoms. The largest absolute Gasteiger partial charge is 0.348 e. The van der Waals surface area contributed by atoms with Crippen molar-refractivity contribution in [3.8, 4) is 6.07 Å². The number of benzene rings is 1. The molecule has 2 aromatic rings. The second kappa shape index (κ2) is 7.55. The van der Waals surface area contributed by atoms with Gasteiger partial charge in [-0.15, -0.1) is 0 Å². The van der Waals surface area contributed by atoms with E-state index in [2.05, 4.69) is 26.7 Å². The van der Waals surface area contributed by atoms with Crippen molar-refractivity contribution in [3.63, 3.8) is 0 Å². The molecule has 0 radical (unpaired) electrons. The molecule has 0 bridgehead atoms. The number of nitriles is 1. The van der Waals surface area contributed by atoms with E-state index in [9.17, 15) is 4.79 Å². The fraction of sp³-hybridized carbons (Fsp3) is 0.333. The first-order chi connectivity index (χ1) is 11.7. The SMILES string of the molecule is N#Cc1ccc(Nc2cc(C(=O)NC3CCCCC3)ncn2)cc1. The van der Waals surface area contributed by atoms with Crippen LogP contribution in [-0.2, 0) is 0 Å². The molecule has 0 atom stereocenters. The van der Waals surface area contributed by atoms with Crippen LogP contribution >= 0.6 is 0 Å². The predicted molar refractivity (Wildman–Crippen MR) is 90.8 cm³/mol. The molecule has 122 valence electrons. The van der Waals surface area contributed by atoms with Crippen LogP contribution in [0.1, 0.15) is 48.2 Å². The zero-order valence-corrected chi connectivity index (χ0v) is 13.3. The predicted octanol–water partition coefficient (Wildman–Crippen LogP) is 3.15. The second-order valence-corrected chi connectivity index (χ2v) is 5.91. The van der Waals surface area contributed by atoms with Crippen LogP contribution in [0.25, 0.3) is 0 Å². The van der Waals surface area contributed by atoms with Crippen molar-refractivity contribution >= 4 is 17.4 Å². The van der Waals surface area contributed by atoms with Crippen LogP contribution < -0.4 is 10.6 Å². The number of hydrogen-bond donors (Lipinski definition) is 2. The summed E-state index contributed by atoms with van der Waals surface area (Å²) in [4.78, 5) is 20.5. The number of hydrogen-bond acceptors (Lipinski definition) is 5. The summed E-state index contributed by atoms with van der Waals surface area (Å²) in [5.41, 5.74) is 1.74. The quantitative estimate of drug-likeness (QED) is 0.902. The number of aromatic nitrogens is 2. The Labute approximate surface area is 140 Å². The van der Waals surface area contributed by atoms with Gasteiger partial charge in [0.2, 0.25) is 0 Å². The highest BCUT2D eigenvalue weighted by Crippen LogP contribution is 2.18. The van der Waals surface area contributed by atoms with Gasteiger partial charge in [0.15, 0.2) is 0 Å². The monoisotopic (exact) mass is 321 g/mol. The summed E-state index contributed by atoms with van der Waals surface area (Å²) < 4.78 is 0. The molecule has 24 heavy (non-hydrogen) atoms. The van der Waals surface area contributed by atoms with E-state index in [1.54, 1.807) is 30.3 Å². The zero-order chi connectivity index (χ0) is 16.8. The van der Waals surface area contributed by atoms with Crippen molar-refractivity contribution in [2.75, 3.05) is 5.32 Å². The van der Waals surface area contributed by atoms with Gasteiger partial charge in [-0.05, 0) is 37.1 Å². The van der Waals surface area contributed by atoms with Crippen LogP contribution in [0.2, 0.25) is 0 Å². The van der Waals surface area contributed by atoms with E-state index in [1.165, 1.54) is 25.6 Å². The number of anilines is 2. The van der Waals surface area contributed by atoms with Gasteiger partial charge in [-0.1, -0.05) is 19.3 Å². The van der Waals surface area contributed by atoms with E-state index in [-0.39, 0.29) is 11.9 Å². The van der Waals surface area contributed by atoms with Gasteiger partial charge in [0.25, 0.3) is 5.91 Å². The smallest absolute Gasteiger partial charge is 0.270 e. The lowest BCUT2D eigenvalue weighted by Crippen LogP contribution is -2.36. The van der Waals surface area contributed by atoms with E-state index in [4.69, 9.17) is 5.26 Å². The number of nitrogens with one attached hydrogen (secondary N) is 2. The van der Waals surface area contributed by atoms with Gasteiger partial charge in [-0.25, -0.2) is 9.97 Å². The minimum Gasteiger partial charge on any atom is -0.348 e. The van der Waals surface area contributed by atoms with Gasteiger partial charge < -0.3 is 10.6 Å². The van der Waals surface area contributed by atoms with Crippen molar-refractivity contribution in [2.24, 2.45) is 0 Å². The van der Waals surface area contributed by atoms with Crippen LogP contribution in [0, 0.1) is 11.3 Å². The average molecular weight is 321 g/mol. The summed E-state index contributed by atoms with van der Waals surface area (Å²) in [6.45, 7) is 0. The van der Waals surface area contributed by atoms with Crippen molar-refractivity contribution < 1.29 is 4.79 Å². The summed E-state index contributed by atoms with van der Waals surface area (Å²) in [6.07, 6.45) is 7.03. The Bertz CT molecular complexity index is 745. The molecule has 0 spiro atoms. The minimum absolute atomic E-state index is 0.160. The zero-order valence-electron chi connectivity index (χ0n) is 13.3. The Morgan fingerprint density at radius 1 is 1.12 bits per heavy atom. The molecule has 6 nitrogen and oxygen atoms in total. The minimum atomic E-state index is -0.160. The third-order valence-electron chi connectivity index (χ3n) is 4.13. The van der Waals surface area contributed by atoms with E-state index in [0.717, 1.165) is 18.5 Å². The summed E-state index contributed by atoms with van der Waals surface area (Å²) in [5, 5.41) is 15.0. The molecule has 3 rings (SSSR count). The summed E-state index contributed by atoms with van der Waals surface area (Å²) in [5.74, 6) is 0.385. The normalized spacial score (nSPS) is 14.6. The molecule has 1 aromatic heterocycles. The summed E-state index contributed by atoms with van der Waals surface area (Å²) in [6, 6.07) is 11.0. The molecule has 1 aliphatic carbocycles. The average Bonchev–Trinajstić information content (AvgIpc) is 2.63. The number of nitrogens with zero attached hydrogens (tertiary/aromatic N) is 3. The molecule has 0 unspecified atom stereocenters. The van der Waals surface area contributed by atoms with Gasteiger partial charge in [0.1, 0.15) is 17.8 Å². The lowest BCUT2D eigenvalue weighted by Gasteiger charge is -2.22. The van der Waals surface area contributed by atoms with Crippen LogP contribution in [0.5, 0.6) is 0 Å². The van der Waals surface area contributed by atoms with Gasteiger partial charge in [0, 0.05) is 17.8 Å². The maximum absolute atomic E-state index is 12.3. The van der Waals surface area contributed by atoms with Crippen LogP contribution in [-0.4, -0.2) is 21.9 Å². The molecule has 1 aromatic carbocycles. The van der Waals surface area contributed by atoms with Crippen molar-refractivity contribution in [2.45, 2.75) is 38.1 Å². The van der Waals surface area contributed by atoms with Crippen LogP contribution in [0.3, 0.4) is 0 Å². The molecule has 0 saturated heterocycles. The number of amides is 1. The fourth-order valence-corrected chi connectivity index (χ4v) is 2.83. The third-order valence-corrected chi connectivity index (χ3v) is 4.13. The first-order valence-corrected chi connectivity index (χ1v) is 8.15. The topological polar surface area (TPSA) is 90.7 Å². The maximum atomic E-state index is 12.3. The highest BCUT2D eigenvalue weighted by atomic mass is 16.1. The standard InChI is InChI=1S/C18H19N5O/c19-11-13-6-8-15(9-7-13)22-17-10-16(20-12-21-17)18(24)23-14-4-2-1-3-5-14/h6-10,12,14H,1-5H2,(H,23,24)(H,20,21,22). The van der Waals surface area contributed by atoms with Crippen molar-refractivity contribution in [1.29, 1.82) is 5.26 Å².